The number of halogens is 3. The molecule has 0 amide bonds. The number of nitrogens with one attached hydrogen (secondary N) is 2. The second-order valence-corrected chi connectivity index (χ2v) is 5.76. The number of hydrogen-bond acceptors (Lipinski definition) is 6. The van der Waals surface area contributed by atoms with Gasteiger partial charge in [-0.3, -0.25) is 5.10 Å². The number of nitrogen functional groups attached to an aromatic ring is 1. The largest absolute Gasteiger partial charge is 0.420 e. The normalized spacial score (nSPS) is 18.4. The second kappa shape index (κ2) is 5.93. The van der Waals surface area contributed by atoms with Gasteiger partial charge in [0.25, 0.3) is 0 Å². The Balaban J connectivity index is 2.02. The highest BCUT2D eigenvalue weighted by atomic mass is 19.4. The summed E-state index contributed by atoms with van der Waals surface area (Å²) in [6.45, 7) is 2.77. The lowest BCUT2D eigenvalue weighted by Gasteiger charge is -2.18. The molecule has 130 valence electrons. The van der Waals surface area contributed by atoms with Crippen LogP contribution in [0.4, 0.5) is 24.9 Å². The highest BCUT2D eigenvalue weighted by Crippen LogP contribution is 2.38. The van der Waals surface area contributed by atoms with Crippen LogP contribution in [0.5, 0.6) is 0 Å². The molecule has 0 unspecified atom stereocenters. The second-order valence-electron chi connectivity index (χ2n) is 5.76. The number of aromatic amines is 1. The third-order valence-electron chi connectivity index (χ3n) is 4.12. The molecule has 10 heteroatoms. The molecule has 0 aromatic carbocycles. The summed E-state index contributed by atoms with van der Waals surface area (Å²) in [4.78, 5) is 10.1. The van der Waals surface area contributed by atoms with E-state index in [-0.39, 0.29) is 23.0 Å². The van der Waals surface area contributed by atoms with Gasteiger partial charge in [-0.2, -0.15) is 23.3 Å². The molecular formula is C14H18F3N7. The van der Waals surface area contributed by atoms with E-state index in [1.54, 1.807) is 0 Å². The van der Waals surface area contributed by atoms with Crippen LogP contribution >= 0.6 is 0 Å². The van der Waals surface area contributed by atoms with Gasteiger partial charge in [0.2, 0.25) is 5.95 Å². The molecule has 0 bridgehead atoms. The van der Waals surface area contributed by atoms with Gasteiger partial charge in [0.1, 0.15) is 17.1 Å². The summed E-state index contributed by atoms with van der Waals surface area (Å²) in [6, 6.07) is 1.81. The lowest BCUT2D eigenvalue weighted by Crippen LogP contribution is -2.30. The van der Waals surface area contributed by atoms with Gasteiger partial charge in [0.05, 0.1) is 5.69 Å². The van der Waals surface area contributed by atoms with Gasteiger partial charge < -0.3 is 16.0 Å². The molecule has 24 heavy (non-hydrogen) atoms. The highest BCUT2D eigenvalue weighted by Gasteiger charge is 2.38. The van der Waals surface area contributed by atoms with Gasteiger partial charge in [-0.05, 0) is 20.4 Å². The first-order chi connectivity index (χ1) is 11.3. The molecule has 1 saturated heterocycles. The monoisotopic (exact) mass is 341 g/mol. The first-order valence-corrected chi connectivity index (χ1v) is 7.49. The lowest BCUT2D eigenvalue weighted by molar-refractivity contribution is -0.137. The maximum atomic E-state index is 13.3. The smallest absolute Gasteiger partial charge is 0.368 e. The molecule has 0 spiro atoms. The molecule has 0 saturated carbocycles. The van der Waals surface area contributed by atoms with E-state index in [0.717, 1.165) is 13.0 Å². The Hall–Kier alpha value is -2.36. The van der Waals surface area contributed by atoms with E-state index in [0.29, 0.717) is 18.4 Å². The zero-order valence-electron chi connectivity index (χ0n) is 13.3. The Morgan fingerprint density at radius 1 is 1.38 bits per heavy atom. The van der Waals surface area contributed by atoms with E-state index in [1.807, 2.05) is 11.9 Å². The van der Waals surface area contributed by atoms with Crippen molar-refractivity contribution in [1.29, 1.82) is 0 Å². The summed E-state index contributed by atoms with van der Waals surface area (Å²) >= 11 is 0. The number of nitrogens with zero attached hydrogens (tertiary/aromatic N) is 4. The van der Waals surface area contributed by atoms with Crippen molar-refractivity contribution in [3.63, 3.8) is 0 Å². The summed E-state index contributed by atoms with van der Waals surface area (Å²) in [5.41, 5.74) is 4.61. The van der Waals surface area contributed by atoms with Gasteiger partial charge in [-0.25, -0.2) is 4.98 Å². The standard InChI is InChI=1S/C14H18F3N7/c1-7-11(14(15,16)17)12(23-22-7)9-5-10(21-13(18)20-9)24-4-3-8(6-24)19-2/h5,8,19H,3-4,6H2,1-2H3,(H,22,23)(H2,18,20,21)/t8-/m1/s1. The van der Waals surface area contributed by atoms with Crippen LogP contribution in [0.15, 0.2) is 6.07 Å². The Morgan fingerprint density at radius 2 is 2.12 bits per heavy atom. The van der Waals surface area contributed by atoms with Crippen LogP contribution in [0, 0.1) is 6.92 Å². The zero-order chi connectivity index (χ0) is 17.5. The number of aryl methyl sites for hydroxylation is 1. The number of alkyl halides is 3. The van der Waals surface area contributed by atoms with E-state index in [4.69, 9.17) is 5.73 Å². The third-order valence-corrected chi connectivity index (χ3v) is 4.12. The number of H-pyrrole nitrogens is 1. The van der Waals surface area contributed by atoms with Gasteiger partial charge in [-0.15, -0.1) is 0 Å². The Labute approximate surface area is 136 Å². The molecule has 1 atom stereocenters. The van der Waals surface area contributed by atoms with E-state index in [9.17, 15) is 13.2 Å². The summed E-state index contributed by atoms with van der Waals surface area (Å²) in [7, 11) is 1.87. The Kier molecular flexibility index (Phi) is 4.08. The number of rotatable bonds is 3. The van der Waals surface area contributed by atoms with Crippen LogP contribution in [0.2, 0.25) is 0 Å². The first kappa shape index (κ1) is 16.5. The number of aromatic nitrogens is 4. The molecular weight excluding hydrogens is 323 g/mol. The predicted molar refractivity (Wildman–Crippen MR) is 83.4 cm³/mol. The van der Waals surface area contributed by atoms with Crippen molar-refractivity contribution in [2.45, 2.75) is 25.6 Å². The molecule has 7 nitrogen and oxygen atoms in total. The molecule has 1 aliphatic heterocycles. The van der Waals surface area contributed by atoms with Crippen molar-refractivity contribution >= 4 is 11.8 Å². The number of likely N-dealkylation sites (N-methyl/N-ethyl adjacent to an activating group) is 1. The van der Waals surface area contributed by atoms with Crippen LogP contribution in [-0.2, 0) is 6.18 Å². The van der Waals surface area contributed by atoms with Crippen LogP contribution in [-0.4, -0.2) is 46.3 Å². The highest BCUT2D eigenvalue weighted by molar-refractivity contribution is 5.65. The molecule has 1 fully saturated rings. The SMILES string of the molecule is CN[C@@H]1CCN(c2cc(-c3n[nH]c(C)c3C(F)(F)F)nc(N)n2)C1. The van der Waals surface area contributed by atoms with Crippen LogP contribution in [0.3, 0.4) is 0 Å². The van der Waals surface area contributed by atoms with Crippen molar-refractivity contribution in [1.82, 2.24) is 25.5 Å². The molecule has 2 aromatic rings. The number of nitrogens with two attached hydrogens (primary N) is 1. The van der Waals surface area contributed by atoms with Crippen molar-refractivity contribution < 1.29 is 13.2 Å². The maximum Gasteiger partial charge on any atom is 0.420 e. The first-order valence-electron chi connectivity index (χ1n) is 7.49. The number of hydrogen-bond donors (Lipinski definition) is 3. The van der Waals surface area contributed by atoms with Gasteiger partial charge in [-0.1, -0.05) is 0 Å². The molecule has 3 rings (SSSR count). The minimum absolute atomic E-state index is 0.0575. The van der Waals surface area contributed by atoms with Crippen LogP contribution in [0.25, 0.3) is 11.4 Å². The number of anilines is 2. The van der Waals surface area contributed by atoms with E-state index >= 15 is 0 Å². The summed E-state index contributed by atoms with van der Waals surface area (Å²) in [5, 5.41) is 9.32. The van der Waals surface area contributed by atoms with Gasteiger partial charge in [0.15, 0.2) is 0 Å². The van der Waals surface area contributed by atoms with Crippen LogP contribution < -0.4 is 16.0 Å². The fourth-order valence-electron chi connectivity index (χ4n) is 2.90. The zero-order valence-corrected chi connectivity index (χ0v) is 13.3. The van der Waals surface area contributed by atoms with Crippen molar-refractivity contribution in [3.8, 4) is 11.4 Å². The van der Waals surface area contributed by atoms with E-state index in [1.165, 1.54) is 13.0 Å². The summed E-state index contributed by atoms with van der Waals surface area (Å²) < 4.78 is 39.8. The molecule has 2 aromatic heterocycles. The Bertz CT molecular complexity index is 740. The third kappa shape index (κ3) is 3.01. The summed E-state index contributed by atoms with van der Waals surface area (Å²) in [5.74, 6) is 0.424. The maximum absolute atomic E-state index is 13.3. The molecule has 4 N–H and O–H groups in total. The topological polar surface area (TPSA) is 95.8 Å². The van der Waals surface area contributed by atoms with Crippen molar-refractivity contribution in [2.24, 2.45) is 0 Å². The fourth-order valence-corrected chi connectivity index (χ4v) is 2.90. The minimum Gasteiger partial charge on any atom is -0.368 e. The lowest BCUT2D eigenvalue weighted by atomic mass is 10.1. The summed E-state index contributed by atoms with van der Waals surface area (Å²) in [6.07, 6.45) is -3.61. The molecule has 0 radical (unpaired) electrons. The quantitative estimate of drug-likeness (QED) is 0.784. The minimum atomic E-state index is -4.53. The van der Waals surface area contributed by atoms with Crippen LogP contribution in [0.1, 0.15) is 17.7 Å². The van der Waals surface area contributed by atoms with E-state index < -0.39 is 11.7 Å². The van der Waals surface area contributed by atoms with Gasteiger partial charge >= 0.3 is 6.18 Å². The van der Waals surface area contributed by atoms with Gasteiger partial charge in [0, 0.05) is 30.9 Å². The van der Waals surface area contributed by atoms with Crippen molar-refractivity contribution in [3.05, 3.63) is 17.3 Å². The molecule has 1 aliphatic rings. The average Bonchev–Trinajstić information content (AvgIpc) is 3.12. The molecule has 3 heterocycles. The predicted octanol–water partition coefficient (Wildman–Crippen LogP) is 1.57. The van der Waals surface area contributed by atoms with Crippen molar-refractivity contribution in [2.75, 3.05) is 30.8 Å². The average molecular weight is 341 g/mol. The van der Waals surface area contributed by atoms with E-state index in [2.05, 4.69) is 25.5 Å². The Morgan fingerprint density at radius 3 is 2.75 bits per heavy atom. The fraction of sp³-hybridized carbons (Fsp3) is 0.500. The molecule has 0 aliphatic carbocycles.